The van der Waals surface area contributed by atoms with Crippen molar-refractivity contribution in [3.8, 4) is 0 Å². The Kier molecular flexibility index (Phi) is 4.93. The van der Waals surface area contributed by atoms with Gasteiger partial charge in [0.2, 0.25) is 5.95 Å². The van der Waals surface area contributed by atoms with Gasteiger partial charge in [-0.3, -0.25) is 4.40 Å². The molecular weight excluding hydrogens is 419 g/mol. The molecule has 2 aromatic carbocycles. The summed E-state index contributed by atoms with van der Waals surface area (Å²) in [7, 11) is 0. The zero-order valence-electron chi connectivity index (χ0n) is 17.5. The summed E-state index contributed by atoms with van der Waals surface area (Å²) in [5, 5.41) is 0.850. The summed E-state index contributed by atoms with van der Waals surface area (Å²) in [6.45, 7) is 4.30. The van der Waals surface area contributed by atoms with E-state index in [1.807, 2.05) is 25.1 Å². The van der Waals surface area contributed by atoms with Crippen molar-refractivity contribution in [3.63, 3.8) is 0 Å². The SMILES string of the molecule is Cc1cccc2c1nc(N)n1cc(Cc3cc(C(F)(F)F)ccc3N3CCOCC3)nc21. The molecule has 0 spiro atoms. The fourth-order valence-electron chi connectivity index (χ4n) is 4.25. The molecule has 0 atom stereocenters. The number of nitrogens with two attached hydrogens (primary N) is 1. The molecule has 4 aromatic rings. The number of anilines is 2. The second kappa shape index (κ2) is 7.67. The molecule has 1 fully saturated rings. The topological polar surface area (TPSA) is 68.7 Å². The molecule has 6 nitrogen and oxygen atoms in total. The van der Waals surface area contributed by atoms with Crippen molar-refractivity contribution in [2.45, 2.75) is 19.5 Å². The predicted octanol–water partition coefficient (Wildman–Crippen LogP) is 4.22. The number of alkyl halides is 3. The maximum atomic E-state index is 13.4. The summed E-state index contributed by atoms with van der Waals surface area (Å²) in [6, 6.07) is 9.70. The van der Waals surface area contributed by atoms with Gasteiger partial charge in [0.1, 0.15) is 5.65 Å². The van der Waals surface area contributed by atoms with Crippen LogP contribution >= 0.6 is 0 Å². The highest BCUT2D eigenvalue weighted by Crippen LogP contribution is 2.34. The second-order valence-corrected chi connectivity index (χ2v) is 7.98. The molecule has 0 aliphatic carbocycles. The van der Waals surface area contributed by atoms with E-state index in [4.69, 9.17) is 15.5 Å². The third-order valence-electron chi connectivity index (χ3n) is 5.84. The average molecular weight is 441 g/mol. The molecule has 0 unspecified atom stereocenters. The number of rotatable bonds is 3. The largest absolute Gasteiger partial charge is 0.416 e. The molecule has 166 valence electrons. The van der Waals surface area contributed by atoms with Gasteiger partial charge in [0, 0.05) is 36.8 Å². The quantitative estimate of drug-likeness (QED) is 0.516. The third kappa shape index (κ3) is 3.62. The Hall–Kier alpha value is -3.33. The van der Waals surface area contributed by atoms with E-state index in [1.54, 1.807) is 16.7 Å². The number of hydrogen-bond acceptors (Lipinski definition) is 5. The Morgan fingerprint density at radius 3 is 2.62 bits per heavy atom. The first-order chi connectivity index (χ1) is 15.3. The van der Waals surface area contributed by atoms with Gasteiger partial charge in [0.05, 0.1) is 30.0 Å². The smallest absolute Gasteiger partial charge is 0.378 e. The molecule has 0 bridgehead atoms. The van der Waals surface area contributed by atoms with Crippen LogP contribution in [-0.4, -0.2) is 40.7 Å². The van der Waals surface area contributed by atoms with Crippen molar-refractivity contribution in [3.05, 3.63) is 65.0 Å². The van der Waals surface area contributed by atoms with Crippen LogP contribution in [0.15, 0.2) is 42.6 Å². The van der Waals surface area contributed by atoms with Crippen molar-refractivity contribution in [1.29, 1.82) is 0 Å². The Bertz CT molecular complexity index is 1310. The standard InChI is InChI=1S/C23H22F3N5O/c1-14-3-2-4-18-20(14)29-22(27)31-13-17(28-21(18)31)12-15-11-16(23(24,25)26)5-6-19(15)30-7-9-32-10-8-30/h2-6,11,13H,7-10,12H2,1H3,(H2,27,29). The Labute approximate surface area is 182 Å². The summed E-state index contributed by atoms with van der Waals surface area (Å²) in [5.41, 5.74) is 9.85. The summed E-state index contributed by atoms with van der Waals surface area (Å²) in [5.74, 6) is 0.290. The molecule has 2 aromatic heterocycles. The fraction of sp³-hybridized carbons (Fsp3) is 0.304. The minimum Gasteiger partial charge on any atom is -0.378 e. The highest BCUT2D eigenvalue weighted by molar-refractivity contribution is 5.94. The van der Waals surface area contributed by atoms with E-state index in [-0.39, 0.29) is 12.4 Å². The van der Waals surface area contributed by atoms with Crippen LogP contribution in [0.25, 0.3) is 16.6 Å². The van der Waals surface area contributed by atoms with E-state index in [9.17, 15) is 13.2 Å². The molecule has 0 saturated carbocycles. The summed E-state index contributed by atoms with van der Waals surface area (Å²) >= 11 is 0. The van der Waals surface area contributed by atoms with Gasteiger partial charge in [-0.2, -0.15) is 13.2 Å². The lowest BCUT2D eigenvalue weighted by Crippen LogP contribution is -2.36. The summed E-state index contributed by atoms with van der Waals surface area (Å²) in [4.78, 5) is 11.3. The number of imidazole rings is 1. The van der Waals surface area contributed by atoms with Gasteiger partial charge in [-0.05, 0) is 42.3 Å². The molecule has 9 heteroatoms. The van der Waals surface area contributed by atoms with Crippen LogP contribution in [0.4, 0.5) is 24.8 Å². The molecule has 0 amide bonds. The number of para-hydroxylation sites is 1. The molecular formula is C23H22F3N5O. The Balaban J connectivity index is 1.61. The first-order valence-corrected chi connectivity index (χ1v) is 10.4. The second-order valence-electron chi connectivity index (χ2n) is 7.98. The van der Waals surface area contributed by atoms with Gasteiger partial charge in [-0.25, -0.2) is 9.97 Å². The molecule has 1 aliphatic heterocycles. The van der Waals surface area contributed by atoms with Crippen LogP contribution in [0.5, 0.6) is 0 Å². The van der Waals surface area contributed by atoms with E-state index < -0.39 is 11.7 Å². The molecule has 3 heterocycles. The van der Waals surface area contributed by atoms with Crippen molar-refractivity contribution in [1.82, 2.24) is 14.4 Å². The number of benzene rings is 2. The van der Waals surface area contributed by atoms with Crippen LogP contribution in [0.1, 0.15) is 22.4 Å². The van der Waals surface area contributed by atoms with Crippen molar-refractivity contribution >= 4 is 28.2 Å². The number of aromatic nitrogens is 3. The number of hydrogen-bond donors (Lipinski definition) is 1. The fourth-order valence-corrected chi connectivity index (χ4v) is 4.25. The Morgan fingerprint density at radius 2 is 1.88 bits per heavy atom. The van der Waals surface area contributed by atoms with Gasteiger partial charge in [-0.1, -0.05) is 12.1 Å². The van der Waals surface area contributed by atoms with Gasteiger partial charge >= 0.3 is 6.18 Å². The molecule has 0 radical (unpaired) electrons. The van der Waals surface area contributed by atoms with Crippen molar-refractivity contribution in [2.75, 3.05) is 36.9 Å². The lowest BCUT2D eigenvalue weighted by atomic mass is 10.0. The predicted molar refractivity (Wildman–Crippen MR) is 117 cm³/mol. The number of aryl methyl sites for hydroxylation is 1. The number of fused-ring (bicyclic) bond motifs is 3. The van der Waals surface area contributed by atoms with Crippen LogP contribution in [0, 0.1) is 6.92 Å². The maximum absolute atomic E-state index is 13.4. The van der Waals surface area contributed by atoms with E-state index in [0.29, 0.717) is 43.2 Å². The van der Waals surface area contributed by atoms with Crippen LogP contribution in [0.3, 0.4) is 0 Å². The zero-order chi connectivity index (χ0) is 22.5. The van der Waals surface area contributed by atoms with Crippen LogP contribution in [-0.2, 0) is 17.3 Å². The van der Waals surface area contributed by atoms with Crippen molar-refractivity contribution < 1.29 is 17.9 Å². The molecule has 32 heavy (non-hydrogen) atoms. The minimum atomic E-state index is -4.42. The molecule has 5 rings (SSSR count). The Morgan fingerprint density at radius 1 is 1.09 bits per heavy atom. The monoisotopic (exact) mass is 441 g/mol. The highest BCUT2D eigenvalue weighted by atomic mass is 19.4. The number of morpholine rings is 1. The van der Waals surface area contributed by atoms with Gasteiger partial charge < -0.3 is 15.4 Å². The molecule has 2 N–H and O–H groups in total. The van der Waals surface area contributed by atoms with Crippen molar-refractivity contribution in [2.24, 2.45) is 0 Å². The average Bonchev–Trinajstić information content (AvgIpc) is 3.19. The summed E-state index contributed by atoms with van der Waals surface area (Å²) < 4.78 is 47.4. The van der Waals surface area contributed by atoms with Crippen LogP contribution in [0.2, 0.25) is 0 Å². The normalized spacial score (nSPS) is 15.1. The minimum absolute atomic E-state index is 0.241. The van der Waals surface area contributed by atoms with E-state index >= 15 is 0 Å². The van der Waals surface area contributed by atoms with Gasteiger partial charge in [0.15, 0.2) is 0 Å². The third-order valence-corrected chi connectivity index (χ3v) is 5.84. The number of nitrogens with zero attached hydrogens (tertiary/aromatic N) is 4. The van der Waals surface area contributed by atoms with E-state index in [0.717, 1.165) is 28.2 Å². The van der Waals surface area contributed by atoms with E-state index in [1.165, 1.54) is 6.07 Å². The van der Waals surface area contributed by atoms with Crippen LogP contribution < -0.4 is 10.6 Å². The van der Waals surface area contributed by atoms with Gasteiger partial charge in [-0.15, -0.1) is 0 Å². The number of ether oxygens (including phenoxy) is 1. The lowest BCUT2D eigenvalue weighted by molar-refractivity contribution is -0.137. The maximum Gasteiger partial charge on any atom is 0.416 e. The number of nitrogen functional groups attached to an aromatic ring is 1. The first kappa shape index (κ1) is 20.6. The zero-order valence-corrected chi connectivity index (χ0v) is 17.5. The summed E-state index contributed by atoms with van der Waals surface area (Å²) in [6.07, 6.45) is -2.42. The van der Waals surface area contributed by atoms with Gasteiger partial charge in [0.25, 0.3) is 0 Å². The van der Waals surface area contributed by atoms with E-state index in [2.05, 4.69) is 9.88 Å². The molecule has 1 aliphatic rings. The molecule has 1 saturated heterocycles. The first-order valence-electron chi connectivity index (χ1n) is 10.4. The highest BCUT2D eigenvalue weighted by Gasteiger charge is 2.31. The lowest BCUT2D eigenvalue weighted by Gasteiger charge is -2.31. The number of halogens is 3.